The molecule has 1 saturated carbocycles. The van der Waals surface area contributed by atoms with Gasteiger partial charge in [0.2, 0.25) is 0 Å². The van der Waals surface area contributed by atoms with E-state index in [4.69, 9.17) is 0 Å². The van der Waals surface area contributed by atoms with E-state index in [9.17, 15) is 0 Å². The average Bonchev–Trinajstić information content (AvgIpc) is 2.95. The van der Waals surface area contributed by atoms with Gasteiger partial charge in [-0.1, -0.05) is 27.2 Å². The van der Waals surface area contributed by atoms with E-state index in [-0.39, 0.29) is 0 Å². The molecule has 0 saturated heterocycles. The van der Waals surface area contributed by atoms with Crippen LogP contribution in [0.2, 0.25) is 0 Å². The molecular weight excluding hydrogens is 236 g/mol. The van der Waals surface area contributed by atoms with Gasteiger partial charge in [-0.2, -0.15) is 5.10 Å². The van der Waals surface area contributed by atoms with E-state index < -0.39 is 0 Å². The lowest BCUT2D eigenvalue weighted by Gasteiger charge is -2.23. The molecule has 0 aliphatic heterocycles. The summed E-state index contributed by atoms with van der Waals surface area (Å²) in [5, 5.41) is 7.87. The molecular formula is C15H28N4. The molecule has 0 spiro atoms. The van der Waals surface area contributed by atoms with Crippen LogP contribution >= 0.6 is 0 Å². The lowest BCUT2D eigenvalue weighted by atomic mass is 9.94. The van der Waals surface area contributed by atoms with Crippen LogP contribution < -0.4 is 5.32 Å². The van der Waals surface area contributed by atoms with Gasteiger partial charge in [0.05, 0.1) is 0 Å². The van der Waals surface area contributed by atoms with E-state index in [1.807, 2.05) is 0 Å². The van der Waals surface area contributed by atoms with E-state index in [2.05, 4.69) is 47.9 Å². The van der Waals surface area contributed by atoms with Gasteiger partial charge in [0.1, 0.15) is 12.2 Å². The summed E-state index contributed by atoms with van der Waals surface area (Å²) in [6.45, 7) is 7.78. The van der Waals surface area contributed by atoms with Gasteiger partial charge in [-0.15, -0.1) is 0 Å². The zero-order valence-electron chi connectivity index (χ0n) is 12.8. The lowest BCUT2D eigenvalue weighted by Crippen LogP contribution is -2.35. The number of likely N-dealkylation sites (N-methyl/N-ethyl adjacent to an activating group) is 1. The summed E-state index contributed by atoms with van der Waals surface area (Å²) < 4.78 is 2.08. The van der Waals surface area contributed by atoms with Crippen LogP contribution in [0.1, 0.15) is 45.9 Å². The zero-order chi connectivity index (χ0) is 13.8. The molecule has 1 aliphatic rings. The first-order chi connectivity index (χ1) is 9.10. The molecule has 19 heavy (non-hydrogen) atoms. The fraction of sp³-hybridized carbons (Fsp3) is 0.867. The third kappa shape index (κ3) is 3.78. The second-order valence-electron chi connectivity index (χ2n) is 6.53. The molecule has 1 aromatic rings. The van der Waals surface area contributed by atoms with Gasteiger partial charge < -0.3 is 5.32 Å². The number of aromatic nitrogens is 3. The Bertz CT molecular complexity index is 385. The molecule has 2 rings (SSSR count). The van der Waals surface area contributed by atoms with Gasteiger partial charge >= 0.3 is 0 Å². The number of nitrogens with one attached hydrogen (secondary N) is 1. The zero-order valence-corrected chi connectivity index (χ0v) is 12.8. The Morgan fingerprint density at radius 1 is 1.42 bits per heavy atom. The van der Waals surface area contributed by atoms with Crippen molar-refractivity contribution in [2.45, 2.75) is 59.0 Å². The summed E-state index contributed by atoms with van der Waals surface area (Å²) in [4.78, 5) is 4.46. The highest BCUT2D eigenvalue weighted by molar-refractivity contribution is 4.94. The first-order valence-corrected chi connectivity index (χ1v) is 7.64. The number of hydrogen-bond acceptors (Lipinski definition) is 3. The normalized spacial score (nSPS) is 25.1. The van der Waals surface area contributed by atoms with E-state index in [0.717, 1.165) is 30.6 Å². The molecule has 4 heteroatoms. The number of hydrogen-bond donors (Lipinski definition) is 1. The Morgan fingerprint density at radius 3 is 2.79 bits per heavy atom. The van der Waals surface area contributed by atoms with Crippen LogP contribution in [0.5, 0.6) is 0 Å². The molecule has 1 heterocycles. The van der Waals surface area contributed by atoms with Crippen molar-refractivity contribution in [1.29, 1.82) is 0 Å². The summed E-state index contributed by atoms with van der Waals surface area (Å²) in [6.07, 6.45) is 6.78. The SMILES string of the molecule is CNC(Cc1ncnn1CC(C)C)C1CCC(C)C1. The highest BCUT2D eigenvalue weighted by atomic mass is 15.3. The quantitative estimate of drug-likeness (QED) is 0.858. The second kappa shape index (κ2) is 6.51. The molecule has 1 aliphatic carbocycles. The average molecular weight is 264 g/mol. The maximum atomic E-state index is 4.46. The summed E-state index contributed by atoms with van der Waals surface area (Å²) in [6, 6.07) is 0.542. The minimum atomic E-state index is 0.542. The van der Waals surface area contributed by atoms with Crippen molar-refractivity contribution in [1.82, 2.24) is 20.1 Å². The van der Waals surface area contributed by atoms with Crippen molar-refractivity contribution in [3.8, 4) is 0 Å². The van der Waals surface area contributed by atoms with Crippen LogP contribution in [0.4, 0.5) is 0 Å². The maximum Gasteiger partial charge on any atom is 0.138 e. The lowest BCUT2D eigenvalue weighted by molar-refractivity contribution is 0.352. The Morgan fingerprint density at radius 2 is 2.21 bits per heavy atom. The predicted molar refractivity (Wildman–Crippen MR) is 77.9 cm³/mol. The number of rotatable bonds is 6. The van der Waals surface area contributed by atoms with Crippen LogP contribution in [0, 0.1) is 17.8 Å². The van der Waals surface area contributed by atoms with Crippen LogP contribution in [0.25, 0.3) is 0 Å². The van der Waals surface area contributed by atoms with Gasteiger partial charge in [0, 0.05) is 19.0 Å². The predicted octanol–water partition coefficient (Wildman–Crippen LogP) is 2.50. The fourth-order valence-electron chi connectivity index (χ4n) is 3.26. The number of nitrogens with zero attached hydrogens (tertiary/aromatic N) is 3. The van der Waals surface area contributed by atoms with E-state index in [1.54, 1.807) is 6.33 Å². The topological polar surface area (TPSA) is 42.7 Å². The van der Waals surface area contributed by atoms with Crippen molar-refractivity contribution in [3.05, 3.63) is 12.2 Å². The highest BCUT2D eigenvalue weighted by Gasteiger charge is 2.28. The van der Waals surface area contributed by atoms with Crippen molar-refractivity contribution in [3.63, 3.8) is 0 Å². The van der Waals surface area contributed by atoms with Gasteiger partial charge in [-0.3, -0.25) is 0 Å². The van der Waals surface area contributed by atoms with Crippen molar-refractivity contribution >= 4 is 0 Å². The molecule has 3 atom stereocenters. The van der Waals surface area contributed by atoms with Crippen LogP contribution in [-0.4, -0.2) is 27.9 Å². The summed E-state index contributed by atoms with van der Waals surface area (Å²) in [5.74, 6) is 3.42. The smallest absolute Gasteiger partial charge is 0.138 e. The molecule has 0 aromatic carbocycles. The van der Waals surface area contributed by atoms with Gasteiger partial charge in [-0.05, 0) is 37.6 Å². The Kier molecular flexibility index (Phi) is 4.97. The highest BCUT2D eigenvalue weighted by Crippen LogP contribution is 2.33. The summed E-state index contributed by atoms with van der Waals surface area (Å²) in [7, 11) is 2.08. The van der Waals surface area contributed by atoms with E-state index in [1.165, 1.54) is 19.3 Å². The molecule has 4 nitrogen and oxygen atoms in total. The molecule has 3 unspecified atom stereocenters. The first kappa shape index (κ1) is 14.5. The minimum Gasteiger partial charge on any atom is -0.316 e. The molecule has 0 bridgehead atoms. The molecule has 1 N–H and O–H groups in total. The largest absolute Gasteiger partial charge is 0.316 e. The van der Waals surface area contributed by atoms with Crippen molar-refractivity contribution in [2.24, 2.45) is 17.8 Å². The van der Waals surface area contributed by atoms with Crippen molar-refractivity contribution < 1.29 is 0 Å². The molecule has 1 aromatic heterocycles. The van der Waals surface area contributed by atoms with E-state index in [0.29, 0.717) is 12.0 Å². The first-order valence-electron chi connectivity index (χ1n) is 7.64. The molecule has 0 radical (unpaired) electrons. The van der Waals surface area contributed by atoms with Crippen molar-refractivity contribution in [2.75, 3.05) is 7.05 Å². The monoisotopic (exact) mass is 264 g/mol. The van der Waals surface area contributed by atoms with E-state index >= 15 is 0 Å². The molecule has 0 amide bonds. The van der Waals surface area contributed by atoms with Gasteiger partial charge in [0.25, 0.3) is 0 Å². The second-order valence-corrected chi connectivity index (χ2v) is 6.53. The fourth-order valence-corrected chi connectivity index (χ4v) is 3.26. The van der Waals surface area contributed by atoms with Crippen LogP contribution in [0.15, 0.2) is 6.33 Å². The Labute approximate surface area is 117 Å². The Balaban J connectivity index is 2.00. The molecule has 1 fully saturated rings. The summed E-state index contributed by atoms with van der Waals surface area (Å²) >= 11 is 0. The molecule has 108 valence electrons. The maximum absolute atomic E-state index is 4.46. The standard InChI is InChI=1S/C15H28N4/c1-11(2)9-19-15(17-10-18-19)8-14(16-4)13-6-5-12(3)7-13/h10-14,16H,5-9H2,1-4H3. The van der Waals surface area contributed by atoms with Gasteiger partial charge in [-0.25, -0.2) is 9.67 Å². The Hall–Kier alpha value is -0.900. The van der Waals surface area contributed by atoms with Crippen LogP contribution in [-0.2, 0) is 13.0 Å². The van der Waals surface area contributed by atoms with Gasteiger partial charge in [0.15, 0.2) is 0 Å². The minimum absolute atomic E-state index is 0.542. The summed E-state index contributed by atoms with van der Waals surface area (Å²) in [5.41, 5.74) is 0. The van der Waals surface area contributed by atoms with Crippen LogP contribution in [0.3, 0.4) is 0 Å². The third-order valence-electron chi connectivity index (χ3n) is 4.31. The third-order valence-corrected chi connectivity index (χ3v) is 4.31.